The number of hydrogen-bond acceptors (Lipinski definition) is 6. The molecule has 0 bridgehead atoms. The molecule has 1 aromatic carbocycles. The van der Waals surface area contributed by atoms with Crippen LogP contribution in [0.5, 0.6) is 5.75 Å². The van der Waals surface area contributed by atoms with Crippen molar-refractivity contribution in [3.63, 3.8) is 0 Å². The van der Waals surface area contributed by atoms with Crippen LogP contribution >= 0.6 is 23.6 Å². The molecule has 0 radical (unpaired) electrons. The molecule has 2 heterocycles. The van der Waals surface area contributed by atoms with Crippen molar-refractivity contribution < 1.29 is 9.53 Å². The summed E-state index contributed by atoms with van der Waals surface area (Å²) in [5.41, 5.74) is 1.80. The van der Waals surface area contributed by atoms with Crippen LogP contribution in [-0.4, -0.2) is 32.3 Å². The van der Waals surface area contributed by atoms with Gasteiger partial charge in [0.1, 0.15) is 17.3 Å². The van der Waals surface area contributed by atoms with Crippen molar-refractivity contribution >= 4 is 29.5 Å². The zero-order chi connectivity index (χ0) is 18.5. The van der Waals surface area contributed by atoms with Crippen molar-refractivity contribution in [2.45, 2.75) is 26.9 Å². The molecule has 136 valence electrons. The Balaban J connectivity index is 1.71. The van der Waals surface area contributed by atoms with Crippen LogP contribution in [0.1, 0.15) is 17.6 Å². The standard InChI is InChI=1S/C17H19N5O2S2/c1-3-24-13-6-4-12(5-7-13)16-20-21-17(25)22(16)9-14(23)18-8-15-19-11(2)10-26-15/h4-7,10H,3,8-9H2,1-2H3,(H,18,23)(H,21,25). The predicted molar refractivity (Wildman–Crippen MR) is 103 cm³/mol. The molecule has 7 nitrogen and oxygen atoms in total. The van der Waals surface area contributed by atoms with E-state index in [2.05, 4.69) is 20.5 Å². The number of hydrogen-bond donors (Lipinski definition) is 2. The topological polar surface area (TPSA) is 84.8 Å². The molecule has 2 aromatic heterocycles. The van der Waals surface area contributed by atoms with E-state index in [-0.39, 0.29) is 12.5 Å². The molecule has 0 unspecified atom stereocenters. The average Bonchev–Trinajstić information content (AvgIpc) is 3.20. The second-order valence-electron chi connectivity index (χ2n) is 5.56. The number of aryl methyl sites for hydroxylation is 1. The maximum Gasteiger partial charge on any atom is 0.240 e. The number of amides is 1. The molecular formula is C17H19N5O2S2. The first-order valence-electron chi connectivity index (χ1n) is 8.13. The van der Waals surface area contributed by atoms with Crippen LogP contribution in [0.3, 0.4) is 0 Å². The molecule has 0 atom stereocenters. The van der Waals surface area contributed by atoms with E-state index in [0.717, 1.165) is 22.0 Å². The van der Waals surface area contributed by atoms with E-state index in [1.807, 2.05) is 43.5 Å². The summed E-state index contributed by atoms with van der Waals surface area (Å²) in [6.45, 7) is 4.96. The number of carbonyl (C=O) groups is 1. The molecule has 9 heteroatoms. The number of aromatic amines is 1. The number of ether oxygens (including phenoxy) is 1. The highest BCUT2D eigenvalue weighted by molar-refractivity contribution is 7.71. The summed E-state index contributed by atoms with van der Waals surface area (Å²) in [4.78, 5) is 16.6. The van der Waals surface area contributed by atoms with E-state index in [4.69, 9.17) is 17.0 Å². The zero-order valence-electron chi connectivity index (χ0n) is 14.5. The Morgan fingerprint density at radius 2 is 2.15 bits per heavy atom. The van der Waals surface area contributed by atoms with Crippen LogP contribution in [-0.2, 0) is 17.9 Å². The fourth-order valence-corrected chi connectivity index (χ4v) is 3.32. The largest absolute Gasteiger partial charge is 0.494 e. The molecule has 3 rings (SSSR count). The number of aromatic nitrogens is 4. The lowest BCUT2D eigenvalue weighted by Crippen LogP contribution is -2.27. The van der Waals surface area contributed by atoms with E-state index in [1.54, 1.807) is 4.57 Å². The van der Waals surface area contributed by atoms with Gasteiger partial charge in [0, 0.05) is 16.6 Å². The Morgan fingerprint density at radius 3 is 2.81 bits per heavy atom. The first kappa shape index (κ1) is 18.3. The summed E-state index contributed by atoms with van der Waals surface area (Å²) in [6, 6.07) is 7.52. The lowest BCUT2D eigenvalue weighted by molar-refractivity contribution is -0.121. The molecule has 0 aliphatic heterocycles. The third-order valence-electron chi connectivity index (χ3n) is 3.59. The van der Waals surface area contributed by atoms with E-state index < -0.39 is 0 Å². The Bertz CT molecular complexity index is 943. The molecule has 1 amide bonds. The number of rotatable bonds is 7. The fraction of sp³-hybridized carbons (Fsp3) is 0.294. The first-order chi connectivity index (χ1) is 12.6. The van der Waals surface area contributed by atoms with Crippen molar-refractivity contribution in [3.05, 3.63) is 45.1 Å². The van der Waals surface area contributed by atoms with Crippen LogP contribution in [0.25, 0.3) is 11.4 Å². The summed E-state index contributed by atoms with van der Waals surface area (Å²) in [5.74, 6) is 1.24. The SMILES string of the molecule is CCOc1ccc(-c2n[nH]c(=S)n2CC(=O)NCc2nc(C)cs2)cc1. The van der Waals surface area contributed by atoms with Gasteiger partial charge in [0.2, 0.25) is 5.91 Å². The molecule has 0 aliphatic rings. The molecule has 0 aliphatic carbocycles. The van der Waals surface area contributed by atoms with Gasteiger partial charge in [-0.2, -0.15) is 5.10 Å². The van der Waals surface area contributed by atoms with Gasteiger partial charge >= 0.3 is 0 Å². The molecule has 0 fully saturated rings. The second kappa shape index (κ2) is 8.24. The number of carbonyl (C=O) groups excluding carboxylic acids is 1. The van der Waals surface area contributed by atoms with Crippen LogP contribution in [0.2, 0.25) is 0 Å². The minimum Gasteiger partial charge on any atom is -0.494 e. The number of nitrogens with zero attached hydrogens (tertiary/aromatic N) is 3. The summed E-state index contributed by atoms with van der Waals surface area (Å²) >= 11 is 6.79. The Labute approximate surface area is 160 Å². The van der Waals surface area contributed by atoms with E-state index in [1.165, 1.54) is 11.3 Å². The van der Waals surface area contributed by atoms with Gasteiger partial charge in [-0.1, -0.05) is 0 Å². The normalized spacial score (nSPS) is 10.7. The van der Waals surface area contributed by atoms with Gasteiger partial charge in [0.15, 0.2) is 10.6 Å². The number of nitrogens with one attached hydrogen (secondary N) is 2. The predicted octanol–water partition coefficient (Wildman–Crippen LogP) is 3.09. The van der Waals surface area contributed by atoms with Gasteiger partial charge in [-0.15, -0.1) is 11.3 Å². The number of benzene rings is 1. The van der Waals surface area contributed by atoms with E-state index >= 15 is 0 Å². The molecule has 0 saturated carbocycles. The Morgan fingerprint density at radius 1 is 1.38 bits per heavy atom. The van der Waals surface area contributed by atoms with Crippen molar-refractivity contribution in [1.82, 2.24) is 25.1 Å². The maximum absolute atomic E-state index is 12.3. The molecule has 3 aromatic rings. The lowest BCUT2D eigenvalue weighted by Gasteiger charge is -2.08. The minimum atomic E-state index is -0.150. The Hall–Kier alpha value is -2.52. The van der Waals surface area contributed by atoms with Crippen LogP contribution in [0.15, 0.2) is 29.6 Å². The maximum atomic E-state index is 12.3. The fourth-order valence-electron chi connectivity index (χ4n) is 2.41. The van der Waals surface area contributed by atoms with Crippen LogP contribution in [0, 0.1) is 11.7 Å². The summed E-state index contributed by atoms with van der Waals surface area (Å²) in [6.07, 6.45) is 0. The summed E-state index contributed by atoms with van der Waals surface area (Å²) in [5, 5.41) is 12.7. The zero-order valence-corrected chi connectivity index (χ0v) is 16.1. The van der Waals surface area contributed by atoms with E-state index in [0.29, 0.717) is 23.7 Å². The van der Waals surface area contributed by atoms with Crippen molar-refractivity contribution in [2.75, 3.05) is 6.61 Å². The Kier molecular flexibility index (Phi) is 5.79. The molecular weight excluding hydrogens is 370 g/mol. The minimum absolute atomic E-state index is 0.0856. The third-order valence-corrected chi connectivity index (χ3v) is 4.87. The van der Waals surface area contributed by atoms with Crippen molar-refractivity contribution in [3.8, 4) is 17.1 Å². The summed E-state index contributed by atoms with van der Waals surface area (Å²) < 4.78 is 7.52. The number of thiazole rings is 1. The van der Waals surface area contributed by atoms with Gasteiger partial charge < -0.3 is 10.1 Å². The highest BCUT2D eigenvalue weighted by atomic mass is 32.1. The lowest BCUT2D eigenvalue weighted by atomic mass is 10.2. The van der Waals surface area contributed by atoms with Gasteiger partial charge in [-0.05, 0) is 50.3 Å². The van der Waals surface area contributed by atoms with Crippen LogP contribution in [0.4, 0.5) is 0 Å². The monoisotopic (exact) mass is 389 g/mol. The average molecular weight is 390 g/mol. The molecule has 0 spiro atoms. The first-order valence-corrected chi connectivity index (χ1v) is 9.41. The quantitative estimate of drug-likeness (QED) is 0.607. The molecule has 2 N–H and O–H groups in total. The van der Waals surface area contributed by atoms with Gasteiger partial charge in [0.05, 0.1) is 13.2 Å². The van der Waals surface area contributed by atoms with Gasteiger partial charge in [-0.3, -0.25) is 14.5 Å². The van der Waals surface area contributed by atoms with Gasteiger partial charge in [-0.25, -0.2) is 4.98 Å². The van der Waals surface area contributed by atoms with E-state index in [9.17, 15) is 4.79 Å². The summed E-state index contributed by atoms with van der Waals surface area (Å²) in [7, 11) is 0. The van der Waals surface area contributed by atoms with Crippen molar-refractivity contribution in [1.29, 1.82) is 0 Å². The van der Waals surface area contributed by atoms with Gasteiger partial charge in [0.25, 0.3) is 0 Å². The highest BCUT2D eigenvalue weighted by Gasteiger charge is 2.13. The molecule has 0 saturated heterocycles. The van der Waals surface area contributed by atoms with Crippen LogP contribution < -0.4 is 10.1 Å². The third kappa shape index (κ3) is 4.36. The second-order valence-corrected chi connectivity index (χ2v) is 6.88. The smallest absolute Gasteiger partial charge is 0.240 e. The highest BCUT2D eigenvalue weighted by Crippen LogP contribution is 2.21. The number of H-pyrrole nitrogens is 1. The molecule has 26 heavy (non-hydrogen) atoms. The van der Waals surface area contributed by atoms with Crippen molar-refractivity contribution in [2.24, 2.45) is 0 Å².